The molecule has 0 saturated heterocycles. The molecule has 0 radical (unpaired) electrons. The number of carboxylic acid groups (broad SMARTS) is 1. The van der Waals surface area contributed by atoms with Gasteiger partial charge >= 0.3 is 5.97 Å². The minimum absolute atomic E-state index is 0.0148. The van der Waals surface area contributed by atoms with Gasteiger partial charge in [0.25, 0.3) is 0 Å². The van der Waals surface area contributed by atoms with E-state index in [1.54, 1.807) is 24.8 Å². The van der Waals surface area contributed by atoms with Gasteiger partial charge < -0.3 is 10.0 Å². The zero-order valence-electron chi connectivity index (χ0n) is 13.6. The first-order chi connectivity index (χ1) is 11.2. The molecule has 3 rings (SSSR count). The number of aliphatic carboxylic acids is 1. The smallest absolute Gasteiger partial charge is 0.322 e. The summed E-state index contributed by atoms with van der Waals surface area (Å²) in [6, 6.07) is 1.85. The van der Waals surface area contributed by atoms with E-state index in [0.717, 1.165) is 17.7 Å². The average Bonchev–Trinajstić information content (AvgIpc) is 2.82. The third-order valence-electron chi connectivity index (χ3n) is 4.51. The van der Waals surface area contributed by atoms with E-state index < -0.39 is 22.0 Å². The number of hydrogen-bond acceptors (Lipinski definition) is 4. The molecule has 0 aromatic heterocycles. The predicted octanol–water partition coefficient (Wildman–Crippen LogP) is 0.909. The normalized spacial score (nSPS) is 18.0. The van der Waals surface area contributed by atoms with Gasteiger partial charge in [-0.15, -0.1) is 0 Å². The molecular weight excluding hydrogens is 332 g/mol. The number of carbonyl (C=O) groups excluding carboxylic acids is 1. The fourth-order valence-corrected chi connectivity index (χ4v) is 4.75. The minimum atomic E-state index is -3.98. The molecule has 1 atom stereocenters. The SMILES string of the molecule is CC(C)[C@@H](NS(=O)(=O)c1cc2c3c(c1)CC(=O)N3CCC2)C(=O)O. The van der Waals surface area contributed by atoms with E-state index in [0.29, 0.717) is 18.5 Å². The zero-order chi connectivity index (χ0) is 17.6. The molecule has 8 heteroatoms. The summed E-state index contributed by atoms with van der Waals surface area (Å²) in [6.07, 6.45) is 1.69. The first-order valence-electron chi connectivity index (χ1n) is 7.92. The number of nitrogens with one attached hydrogen (secondary N) is 1. The molecule has 1 aromatic carbocycles. The molecule has 0 fully saturated rings. The maximum Gasteiger partial charge on any atom is 0.322 e. The van der Waals surface area contributed by atoms with E-state index in [1.165, 1.54) is 6.07 Å². The molecule has 7 nitrogen and oxygen atoms in total. The van der Waals surface area contributed by atoms with Crippen LogP contribution in [-0.4, -0.2) is 38.0 Å². The van der Waals surface area contributed by atoms with Crippen LogP contribution in [0.25, 0.3) is 0 Å². The number of carbonyl (C=O) groups is 2. The minimum Gasteiger partial charge on any atom is -0.480 e. The van der Waals surface area contributed by atoms with E-state index >= 15 is 0 Å². The molecule has 1 aromatic rings. The molecule has 24 heavy (non-hydrogen) atoms. The molecule has 1 amide bonds. The lowest BCUT2D eigenvalue weighted by Gasteiger charge is -2.26. The molecule has 2 N–H and O–H groups in total. The number of hydrogen-bond donors (Lipinski definition) is 2. The van der Waals surface area contributed by atoms with Crippen LogP contribution in [-0.2, 0) is 32.5 Å². The molecule has 0 saturated carbocycles. The lowest BCUT2D eigenvalue weighted by molar-refractivity contribution is -0.140. The Morgan fingerprint density at radius 3 is 2.58 bits per heavy atom. The van der Waals surface area contributed by atoms with Gasteiger partial charge in [-0.1, -0.05) is 13.8 Å². The van der Waals surface area contributed by atoms with Crippen LogP contribution in [0.3, 0.4) is 0 Å². The van der Waals surface area contributed by atoms with Crippen molar-refractivity contribution < 1.29 is 23.1 Å². The first-order valence-corrected chi connectivity index (χ1v) is 9.40. The van der Waals surface area contributed by atoms with E-state index in [2.05, 4.69) is 4.72 Å². The zero-order valence-corrected chi connectivity index (χ0v) is 14.4. The summed E-state index contributed by atoms with van der Waals surface area (Å²) in [7, 11) is -3.98. The summed E-state index contributed by atoms with van der Waals surface area (Å²) in [5.74, 6) is -1.61. The highest BCUT2D eigenvalue weighted by atomic mass is 32.2. The number of aryl methyl sites for hydroxylation is 1. The molecule has 2 aliphatic rings. The lowest BCUT2D eigenvalue weighted by atomic mass is 10.0. The van der Waals surface area contributed by atoms with E-state index in [1.807, 2.05) is 0 Å². The second-order valence-corrected chi connectivity index (χ2v) is 8.31. The lowest BCUT2D eigenvalue weighted by Crippen LogP contribution is -2.44. The van der Waals surface area contributed by atoms with E-state index in [-0.39, 0.29) is 23.1 Å². The molecular formula is C16H20N2O5S. The molecule has 0 aliphatic carbocycles. The maximum atomic E-state index is 12.6. The fraction of sp³-hybridized carbons (Fsp3) is 0.500. The van der Waals surface area contributed by atoms with Gasteiger partial charge in [0.1, 0.15) is 6.04 Å². The van der Waals surface area contributed by atoms with E-state index in [4.69, 9.17) is 0 Å². The van der Waals surface area contributed by atoms with E-state index in [9.17, 15) is 23.1 Å². The summed E-state index contributed by atoms with van der Waals surface area (Å²) in [6.45, 7) is 3.95. The van der Waals surface area contributed by atoms with Crippen molar-refractivity contribution in [3.63, 3.8) is 0 Å². The largest absolute Gasteiger partial charge is 0.480 e. The Labute approximate surface area is 140 Å². The van der Waals surface area contributed by atoms with Crippen LogP contribution >= 0.6 is 0 Å². The van der Waals surface area contributed by atoms with Crippen LogP contribution in [0.15, 0.2) is 17.0 Å². The van der Waals surface area contributed by atoms with Gasteiger partial charge in [-0.25, -0.2) is 8.42 Å². The summed E-state index contributed by atoms with van der Waals surface area (Å²) >= 11 is 0. The molecule has 0 spiro atoms. The summed E-state index contributed by atoms with van der Waals surface area (Å²) < 4.78 is 27.5. The quantitative estimate of drug-likeness (QED) is 0.820. The topological polar surface area (TPSA) is 104 Å². The Kier molecular flexibility index (Phi) is 4.13. The summed E-state index contributed by atoms with van der Waals surface area (Å²) in [5, 5.41) is 9.21. The van der Waals surface area contributed by atoms with Gasteiger partial charge in [0.05, 0.1) is 17.0 Å². The van der Waals surface area contributed by atoms with Crippen LogP contribution < -0.4 is 9.62 Å². The Morgan fingerprint density at radius 2 is 1.96 bits per heavy atom. The number of rotatable bonds is 5. The highest BCUT2D eigenvalue weighted by Crippen LogP contribution is 2.38. The van der Waals surface area contributed by atoms with Crippen molar-refractivity contribution in [2.75, 3.05) is 11.4 Å². The van der Waals surface area contributed by atoms with Gasteiger partial charge in [0.2, 0.25) is 15.9 Å². The summed E-state index contributed by atoms with van der Waals surface area (Å²) in [4.78, 5) is 25.1. The molecule has 130 valence electrons. The van der Waals surface area contributed by atoms with Crippen molar-refractivity contribution in [3.05, 3.63) is 23.3 Å². The Bertz CT molecular complexity index is 816. The number of sulfonamides is 1. The highest BCUT2D eigenvalue weighted by molar-refractivity contribution is 7.89. The third-order valence-corrected chi connectivity index (χ3v) is 5.93. The standard InChI is InChI=1S/C16H20N2O5S/c1-9(2)14(16(20)21)17-24(22,23)12-6-10-4-3-5-18-13(19)8-11(7-12)15(10)18/h6-7,9,14,17H,3-5,8H2,1-2H3,(H,20,21)/t14-/m1/s1. The Morgan fingerprint density at radius 1 is 1.29 bits per heavy atom. The van der Waals surface area contributed by atoms with Crippen LogP contribution in [0.2, 0.25) is 0 Å². The molecule has 0 unspecified atom stereocenters. The van der Waals surface area contributed by atoms with Crippen molar-refractivity contribution in [2.24, 2.45) is 5.92 Å². The number of amides is 1. The van der Waals surface area contributed by atoms with Crippen molar-refractivity contribution >= 4 is 27.6 Å². The Balaban J connectivity index is 2.00. The van der Waals surface area contributed by atoms with Crippen LogP contribution in [0, 0.1) is 5.92 Å². The van der Waals surface area contributed by atoms with Gasteiger partial charge in [0, 0.05) is 6.54 Å². The van der Waals surface area contributed by atoms with Crippen LogP contribution in [0.1, 0.15) is 31.4 Å². The number of benzene rings is 1. The monoisotopic (exact) mass is 352 g/mol. The second kappa shape index (κ2) is 5.86. The first kappa shape index (κ1) is 16.9. The number of nitrogens with zero attached hydrogens (tertiary/aromatic N) is 1. The average molecular weight is 352 g/mol. The van der Waals surface area contributed by atoms with Crippen molar-refractivity contribution in [1.29, 1.82) is 0 Å². The third kappa shape index (κ3) is 2.80. The summed E-state index contributed by atoms with van der Waals surface area (Å²) in [5.41, 5.74) is 2.37. The van der Waals surface area contributed by atoms with Crippen molar-refractivity contribution in [1.82, 2.24) is 4.72 Å². The predicted molar refractivity (Wildman–Crippen MR) is 87.4 cm³/mol. The van der Waals surface area contributed by atoms with Gasteiger partial charge in [-0.05, 0) is 42.0 Å². The van der Waals surface area contributed by atoms with Gasteiger partial charge in [-0.3, -0.25) is 9.59 Å². The fourth-order valence-electron chi connectivity index (χ4n) is 3.31. The van der Waals surface area contributed by atoms with Gasteiger partial charge in [-0.2, -0.15) is 4.72 Å². The highest BCUT2D eigenvalue weighted by Gasteiger charge is 2.35. The van der Waals surface area contributed by atoms with Crippen LogP contribution in [0.5, 0.6) is 0 Å². The second-order valence-electron chi connectivity index (χ2n) is 6.60. The van der Waals surface area contributed by atoms with Gasteiger partial charge in [0.15, 0.2) is 0 Å². The molecule has 2 aliphatic heterocycles. The molecule has 0 bridgehead atoms. The van der Waals surface area contributed by atoms with Crippen molar-refractivity contribution in [3.8, 4) is 0 Å². The van der Waals surface area contributed by atoms with Crippen LogP contribution in [0.4, 0.5) is 5.69 Å². The van der Waals surface area contributed by atoms with Crippen molar-refractivity contribution in [2.45, 2.75) is 44.0 Å². The number of carboxylic acids is 1. The number of anilines is 1. The maximum absolute atomic E-state index is 12.6. The Hall–Kier alpha value is -1.93. The molecule has 2 heterocycles.